The Balaban J connectivity index is 2.56. The number of aryl methyl sites for hydroxylation is 1. The van der Waals surface area contributed by atoms with Crippen molar-refractivity contribution in [2.45, 2.75) is 66.2 Å². The third kappa shape index (κ3) is 4.59. The van der Waals surface area contributed by atoms with Gasteiger partial charge in [0.15, 0.2) is 0 Å². The van der Waals surface area contributed by atoms with Gasteiger partial charge < -0.3 is 0 Å². The van der Waals surface area contributed by atoms with Gasteiger partial charge in [-0.15, -0.1) is 0 Å². The van der Waals surface area contributed by atoms with Crippen molar-refractivity contribution >= 4 is 0 Å². The van der Waals surface area contributed by atoms with Crippen LogP contribution in [-0.4, -0.2) is 0 Å². The fourth-order valence-corrected chi connectivity index (χ4v) is 6.20. The summed E-state index contributed by atoms with van der Waals surface area (Å²) in [6, 6.07) is 14.1. The first kappa shape index (κ1) is 18.5. The van der Waals surface area contributed by atoms with Crippen molar-refractivity contribution in [1.82, 2.24) is 0 Å². The quantitative estimate of drug-likeness (QED) is 0.649. The molecule has 0 aromatic heterocycles. The van der Waals surface area contributed by atoms with Crippen LogP contribution in [0, 0.1) is 14.1 Å². The first-order valence-electron chi connectivity index (χ1n) is 8.68. The van der Waals surface area contributed by atoms with Gasteiger partial charge in [-0.3, -0.25) is 0 Å². The van der Waals surface area contributed by atoms with E-state index in [9.17, 15) is 0 Å². The van der Waals surface area contributed by atoms with Gasteiger partial charge in [0.25, 0.3) is 0 Å². The molecule has 0 spiro atoms. The summed E-state index contributed by atoms with van der Waals surface area (Å²) in [5, 5.41) is 0. The zero-order chi connectivity index (χ0) is 17.1. The maximum absolute atomic E-state index is 2.48. The van der Waals surface area contributed by atoms with Crippen LogP contribution in [0.4, 0.5) is 0 Å². The molecule has 0 saturated heterocycles. The topological polar surface area (TPSA) is 0 Å². The van der Waals surface area contributed by atoms with Crippen LogP contribution in [0.15, 0.2) is 36.4 Å². The van der Waals surface area contributed by atoms with E-state index in [1.54, 1.807) is 14.7 Å². The van der Waals surface area contributed by atoms with E-state index in [1.807, 2.05) is 0 Å². The molecule has 0 amide bonds. The van der Waals surface area contributed by atoms with Gasteiger partial charge in [-0.2, -0.15) is 0 Å². The van der Waals surface area contributed by atoms with Crippen molar-refractivity contribution in [2.24, 2.45) is 0 Å². The van der Waals surface area contributed by atoms with Gasteiger partial charge in [0.1, 0.15) is 0 Å². The van der Waals surface area contributed by atoms with E-state index in [0.717, 1.165) is 0 Å². The van der Waals surface area contributed by atoms with Gasteiger partial charge >= 0.3 is 153 Å². The van der Waals surface area contributed by atoms with Gasteiger partial charge in [0.05, 0.1) is 0 Å². The molecule has 0 aliphatic heterocycles. The van der Waals surface area contributed by atoms with Gasteiger partial charge in [-0.05, 0) is 0 Å². The van der Waals surface area contributed by atoms with Crippen LogP contribution < -0.4 is 21.2 Å². The summed E-state index contributed by atoms with van der Waals surface area (Å²) in [5.41, 5.74) is 6.00. The van der Waals surface area contributed by atoms with Crippen LogP contribution in [0.25, 0.3) is 0 Å². The van der Waals surface area contributed by atoms with Crippen LogP contribution in [0.1, 0.15) is 81.5 Å². The molecule has 0 heterocycles. The normalized spacial score (nSPS) is 11.9. The summed E-state index contributed by atoms with van der Waals surface area (Å²) in [6.07, 6.45) is 0. The zero-order valence-corrected chi connectivity index (χ0v) is 17.7. The Bertz CT molecular complexity index is 619. The minimum atomic E-state index is -0.127. The second-order valence-electron chi connectivity index (χ2n) is 7.37. The van der Waals surface area contributed by atoms with Gasteiger partial charge in [-0.1, -0.05) is 0 Å². The van der Waals surface area contributed by atoms with Crippen molar-refractivity contribution in [3.8, 4) is 0 Å². The fourth-order valence-electron chi connectivity index (χ4n) is 2.68. The molecular weight excluding hydrogens is 391 g/mol. The molecule has 0 aliphatic carbocycles. The first-order chi connectivity index (χ1) is 10.8. The van der Waals surface area contributed by atoms with Crippen LogP contribution in [0.3, 0.4) is 0 Å². The van der Waals surface area contributed by atoms with E-state index in [0.29, 0.717) is 17.8 Å². The van der Waals surface area contributed by atoms with Crippen molar-refractivity contribution in [3.63, 3.8) is 0 Å². The Labute approximate surface area is 153 Å². The average molecular weight is 421 g/mol. The zero-order valence-electron chi connectivity index (χ0n) is 15.6. The molecule has 0 aliphatic rings. The molecule has 0 unspecified atom stereocenters. The molecule has 1 heteroatoms. The molecular formula is C22H30I-. The number of rotatable bonds is 5. The predicted octanol–water partition coefficient (Wildman–Crippen LogP) is 3.49. The van der Waals surface area contributed by atoms with Crippen molar-refractivity contribution < 1.29 is 21.2 Å². The number of hydrogen-bond donors (Lipinski definition) is 0. The van der Waals surface area contributed by atoms with Crippen LogP contribution in [-0.2, 0) is 0 Å². The molecule has 0 bridgehead atoms. The summed E-state index contributed by atoms with van der Waals surface area (Å²) in [4.78, 5) is 0. The van der Waals surface area contributed by atoms with E-state index >= 15 is 0 Å². The van der Waals surface area contributed by atoms with Gasteiger partial charge in [0.2, 0.25) is 0 Å². The first-order valence-corrected chi connectivity index (χ1v) is 10.8. The van der Waals surface area contributed by atoms with Crippen molar-refractivity contribution in [3.05, 3.63) is 65.8 Å². The van der Waals surface area contributed by atoms with E-state index in [-0.39, 0.29) is 21.2 Å². The molecule has 126 valence electrons. The summed E-state index contributed by atoms with van der Waals surface area (Å²) in [5.74, 6) is 1.77. The van der Waals surface area contributed by atoms with E-state index in [4.69, 9.17) is 0 Å². The van der Waals surface area contributed by atoms with Crippen molar-refractivity contribution in [1.29, 1.82) is 0 Å². The number of benzene rings is 2. The Morgan fingerprint density at radius 3 is 1.57 bits per heavy atom. The SMILES string of the molecule is Cc1ccc([I-]c2c(C(C)C)cc(C(C)C)cc2C(C)C)cc1. The Hall–Kier alpha value is -0.830. The predicted molar refractivity (Wildman–Crippen MR) is 97.3 cm³/mol. The van der Waals surface area contributed by atoms with E-state index in [2.05, 4.69) is 84.9 Å². The molecule has 23 heavy (non-hydrogen) atoms. The third-order valence-electron chi connectivity index (χ3n) is 4.28. The Morgan fingerprint density at radius 2 is 1.17 bits per heavy atom. The molecule has 0 saturated carbocycles. The van der Waals surface area contributed by atoms with Gasteiger partial charge in [0, 0.05) is 0 Å². The standard InChI is InChI=1S/C22H30I/c1-14(2)18-12-20(15(3)4)22(21(13-18)16(5)6)23-19-10-8-17(7)9-11-19/h8-16H,1-7H3/q-1. The molecule has 2 rings (SSSR count). The number of hydrogen-bond acceptors (Lipinski definition) is 0. The second-order valence-corrected chi connectivity index (χ2v) is 10.2. The molecule has 0 fully saturated rings. The number of halogens is 1. The third-order valence-corrected chi connectivity index (χ3v) is 7.40. The van der Waals surface area contributed by atoms with E-state index < -0.39 is 0 Å². The monoisotopic (exact) mass is 421 g/mol. The van der Waals surface area contributed by atoms with E-state index in [1.165, 1.54) is 14.7 Å². The summed E-state index contributed by atoms with van der Waals surface area (Å²) >= 11 is -0.127. The Kier molecular flexibility index (Phi) is 6.30. The fraction of sp³-hybridized carbons (Fsp3) is 0.455. The summed E-state index contributed by atoms with van der Waals surface area (Å²) in [6.45, 7) is 16.1. The summed E-state index contributed by atoms with van der Waals surface area (Å²) in [7, 11) is 0. The Morgan fingerprint density at radius 1 is 0.696 bits per heavy atom. The molecule has 0 atom stereocenters. The maximum atomic E-state index is 2.48. The molecule has 0 nitrogen and oxygen atoms in total. The van der Waals surface area contributed by atoms with Crippen LogP contribution in [0.2, 0.25) is 0 Å². The van der Waals surface area contributed by atoms with Crippen LogP contribution >= 0.6 is 0 Å². The molecule has 0 radical (unpaired) electrons. The molecule has 2 aromatic rings. The molecule has 0 N–H and O–H groups in total. The minimum absolute atomic E-state index is 0.127. The van der Waals surface area contributed by atoms with Crippen LogP contribution in [0.5, 0.6) is 0 Å². The molecule has 2 aromatic carbocycles. The summed E-state index contributed by atoms with van der Waals surface area (Å²) < 4.78 is 3.18. The second kappa shape index (κ2) is 7.83. The average Bonchev–Trinajstić information content (AvgIpc) is 2.48. The van der Waals surface area contributed by atoms with Gasteiger partial charge in [-0.25, -0.2) is 0 Å². The van der Waals surface area contributed by atoms with Crippen molar-refractivity contribution in [2.75, 3.05) is 0 Å².